The van der Waals surface area contributed by atoms with E-state index in [0.717, 1.165) is 39.7 Å². The van der Waals surface area contributed by atoms with Crippen molar-refractivity contribution in [3.63, 3.8) is 0 Å². The molecule has 0 bridgehead atoms. The van der Waals surface area contributed by atoms with Crippen molar-refractivity contribution < 1.29 is 9.13 Å². The SMILES string of the molecule is CCSc1cc(N2CCOc3cc(F)ccc3C2)cc(C)c1N. The maximum Gasteiger partial charge on any atom is 0.127 e. The van der Waals surface area contributed by atoms with E-state index in [2.05, 4.69) is 24.0 Å². The molecule has 2 N–H and O–H groups in total. The smallest absolute Gasteiger partial charge is 0.127 e. The van der Waals surface area contributed by atoms with Crippen molar-refractivity contribution in [1.82, 2.24) is 0 Å². The van der Waals surface area contributed by atoms with Gasteiger partial charge in [0.2, 0.25) is 0 Å². The minimum Gasteiger partial charge on any atom is -0.491 e. The summed E-state index contributed by atoms with van der Waals surface area (Å²) in [7, 11) is 0. The topological polar surface area (TPSA) is 38.5 Å². The fraction of sp³-hybridized carbons (Fsp3) is 0.333. The highest BCUT2D eigenvalue weighted by Crippen LogP contribution is 2.34. The number of ether oxygens (including phenoxy) is 1. The summed E-state index contributed by atoms with van der Waals surface area (Å²) in [4.78, 5) is 3.38. The van der Waals surface area contributed by atoms with Crippen LogP contribution in [0.25, 0.3) is 0 Å². The maximum absolute atomic E-state index is 13.4. The van der Waals surface area contributed by atoms with Gasteiger partial charge in [0.1, 0.15) is 18.2 Å². The molecule has 122 valence electrons. The molecule has 23 heavy (non-hydrogen) atoms. The van der Waals surface area contributed by atoms with Gasteiger partial charge >= 0.3 is 0 Å². The lowest BCUT2D eigenvalue weighted by molar-refractivity contribution is 0.330. The molecule has 2 aromatic rings. The number of fused-ring (bicyclic) bond motifs is 1. The van der Waals surface area contributed by atoms with E-state index in [1.165, 1.54) is 12.1 Å². The Morgan fingerprint density at radius 1 is 1.30 bits per heavy atom. The molecule has 0 aliphatic carbocycles. The second-order valence-electron chi connectivity index (χ2n) is 5.63. The molecule has 0 unspecified atom stereocenters. The fourth-order valence-electron chi connectivity index (χ4n) is 2.77. The third-order valence-electron chi connectivity index (χ3n) is 4.01. The summed E-state index contributed by atoms with van der Waals surface area (Å²) in [5.74, 6) is 1.36. The highest BCUT2D eigenvalue weighted by atomic mass is 32.2. The van der Waals surface area contributed by atoms with Gasteiger partial charge in [0.05, 0.1) is 6.54 Å². The molecule has 1 aliphatic rings. The van der Waals surface area contributed by atoms with Gasteiger partial charge in [0.25, 0.3) is 0 Å². The molecule has 0 fully saturated rings. The van der Waals surface area contributed by atoms with Crippen LogP contribution in [-0.4, -0.2) is 18.9 Å². The Hall–Kier alpha value is -1.88. The summed E-state index contributed by atoms with van der Waals surface area (Å²) in [6.07, 6.45) is 0. The monoisotopic (exact) mass is 332 g/mol. The van der Waals surface area contributed by atoms with Gasteiger partial charge in [0.15, 0.2) is 0 Å². The highest BCUT2D eigenvalue weighted by Gasteiger charge is 2.18. The van der Waals surface area contributed by atoms with Crippen molar-refractivity contribution in [3.8, 4) is 5.75 Å². The van der Waals surface area contributed by atoms with Crippen LogP contribution in [0.4, 0.5) is 15.8 Å². The molecule has 3 rings (SSSR count). The highest BCUT2D eigenvalue weighted by molar-refractivity contribution is 7.99. The lowest BCUT2D eigenvalue weighted by atomic mass is 10.1. The summed E-state index contributed by atoms with van der Waals surface area (Å²) in [5, 5.41) is 0. The summed E-state index contributed by atoms with van der Waals surface area (Å²) >= 11 is 1.75. The second kappa shape index (κ2) is 6.71. The van der Waals surface area contributed by atoms with E-state index in [4.69, 9.17) is 10.5 Å². The molecule has 0 saturated heterocycles. The van der Waals surface area contributed by atoms with E-state index >= 15 is 0 Å². The number of halogens is 1. The zero-order valence-corrected chi connectivity index (χ0v) is 14.3. The molecule has 0 radical (unpaired) electrons. The third kappa shape index (κ3) is 3.39. The maximum atomic E-state index is 13.4. The Balaban J connectivity index is 1.94. The molecule has 5 heteroatoms. The van der Waals surface area contributed by atoms with E-state index in [1.807, 2.05) is 6.92 Å². The van der Waals surface area contributed by atoms with Gasteiger partial charge in [-0.2, -0.15) is 0 Å². The average Bonchev–Trinajstić information content (AvgIpc) is 2.73. The van der Waals surface area contributed by atoms with Gasteiger partial charge in [-0.15, -0.1) is 11.8 Å². The van der Waals surface area contributed by atoms with Crippen molar-refractivity contribution in [1.29, 1.82) is 0 Å². The van der Waals surface area contributed by atoms with Gasteiger partial charge in [-0.1, -0.05) is 13.0 Å². The standard InChI is InChI=1S/C18H21FN2OS/c1-3-23-17-10-15(8-12(2)18(17)20)21-6-7-22-16-9-14(19)5-4-13(16)11-21/h4-5,8-10H,3,6-7,11,20H2,1-2H3. The quantitative estimate of drug-likeness (QED) is 0.674. The van der Waals surface area contributed by atoms with Gasteiger partial charge in [-0.25, -0.2) is 4.39 Å². The van der Waals surface area contributed by atoms with E-state index < -0.39 is 0 Å². The number of hydrogen-bond acceptors (Lipinski definition) is 4. The first-order valence-electron chi connectivity index (χ1n) is 7.77. The van der Waals surface area contributed by atoms with Gasteiger partial charge in [-0.05, 0) is 36.4 Å². The Labute approximate surface area is 140 Å². The Morgan fingerprint density at radius 2 is 2.13 bits per heavy atom. The number of hydrogen-bond donors (Lipinski definition) is 1. The lowest BCUT2D eigenvalue weighted by Crippen LogP contribution is -2.25. The molecule has 0 saturated carbocycles. The number of nitrogens with two attached hydrogens (primary N) is 1. The van der Waals surface area contributed by atoms with Crippen LogP contribution in [0.3, 0.4) is 0 Å². The Bertz CT molecular complexity index is 720. The van der Waals surface area contributed by atoms with Crippen LogP contribution in [0, 0.1) is 12.7 Å². The van der Waals surface area contributed by atoms with Crippen molar-refractivity contribution >= 4 is 23.1 Å². The normalized spacial score (nSPS) is 14.1. The first kappa shape index (κ1) is 16.0. The molecule has 0 aromatic heterocycles. The molecule has 0 atom stereocenters. The lowest BCUT2D eigenvalue weighted by Gasteiger charge is -2.24. The van der Waals surface area contributed by atoms with Crippen LogP contribution in [0.2, 0.25) is 0 Å². The average molecular weight is 332 g/mol. The van der Waals surface area contributed by atoms with Crippen LogP contribution in [-0.2, 0) is 6.54 Å². The Morgan fingerprint density at radius 3 is 2.91 bits per heavy atom. The predicted molar refractivity (Wildman–Crippen MR) is 94.9 cm³/mol. The molecule has 0 amide bonds. The second-order valence-corrected chi connectivity index (χ2v) is 6.94. The molecule has 1 aliphatic heterocycles. The fourth-order valence-corrected chi connectivity index (χ4v) is 3.60. The third-order valence-corrected chi connectivity index (χ3v) is 4.95. The van der Waals surface area contributed by atoms with Crippen LogP contribution in [0.5, 0.6) is 5.75 Å². The number of aryl methyl sites for hydroxylation is 1. The minimum absolute atomic E-state index is 0.262. The minimum atomic E-state index is -0.262. The number of thioether (sulfide) groups is 1. The summed E-state index contributed by atoms with van der Waals surface area (Å²) in [6.45, 7) is 6.16. The zero-order valence-electron chi connectivity index (χ0n) is 13.4. The van der Waals surface area contributed by atoms with Gasteiger partial charge in [-0.3, -0.25) is 0 Å². The van der Waals surface area contributed by atoms with Crippen LogP contribution in [0.15, 0.2) is 35.2 Å². The largest absolute Gasteiger partial charge is 0.491 e. The first-order chi connectivity index (χ1) is 11.1. The van der Waals surface area contributed by atoms with E-state index in [0.29, 0.717) is 18.9 Å². The van der Waals surface area contributed by atoms with Gasteiger partial charge in [0, 0.05) is 34.4 Å². The van der Waals surface area contributed by atoms with E-state index in [-0.39, 0.29) is 5.82 Å². The summed E-state index contributed by atoms with van der Waals surface area (Å²) < 4.78 is 19.1. The van der Waals surface area contributed by atoms with Crippen molar-refractivity contribution in [2.75, 3.05) is 29.5 Å². The number of nitrogens with zero attached hydrogens (tertiary/aromatic N) is 1. The van der Waals surface area contributed by atoms with E-state index in [9.17, 15) is 4.39 Å². The van der Waals surface area contributed by atoms with E-state index in [1.54, 1.807) is 17.8 Å². The molecular weight excluding hydrogens is 311 g/mol. The summed E-state index contributed by atoms with van der Waals surface area (Å²) in [5.41, 5.74) is 10.3. The number of rotatable bonds is 3. The Kier molecular flexibility index (Phi) is 4.66. The predicted octanol–water partition coefficient (Wildman–Crippen LogP) is 4.23. The van der Waals surface area contributed by atoms with Crippen LogP contribution >= 0.6 is 11.8 Å². The molecular formula is C18H21FN2OS. The van der Waals surface area contributed by atoms with Crippen molar-refractivity contribution in [3.05, 3.63) is 47.3 Å². The van der Waals surface area contributed by atoms with Crippen molar-refractivity contribution in [2.24, 2.45) is 0 Å². The number of benzene rings is 2. The summed E-state index contributed by atoms with van der Waals surface area (Å²) in [6, 6.07) is 9.01. The zero-order chi connectivity index (χ0) is 16.4. The molecule has 0 spiro atoms. The van der Waals surface area contributed by atoms with Gasteiger partial charge < -0.3 is 15.4 Å². The van der Waals surface area contributed by atoms with Crippen LogP contribution < -0.4 is 15.4 Å². The first-order valence-corrected chi connectivity index (χ1v) is 8.76. The molecule has 3 nitrogen and oxygen atoms in total. The van der Waals surface area contributed by atoms with Crippen LogP contribution in [0.1, 0.15) is 18.1 Å². The number of nitrogen functional groups attached to an aromatic ring is 1. The molecule has 2 aromatic carbocycles. The number of anilines is 2. The van der Waals surface area contributed by atoms with Crippen molar-refractivity contribution in [2.45, 2.75) is 25.3 Å². The molecule has 1 heterocycles.